The van der Waals surface area contributed by atoms with Crippen LogP contribution in [-0.4, -0.2) is 10.1 Å². The highest BCUT2D eigenvalue weighted by Gasteiger charge is 2.29. The van der Waals surface area contributed by atoms with Gasteiger partial charge in [-0.2, -0.15) is 4.98 Å². The molecule has 96 valence electrons. The first kappa shape index (κ1) is 12.7. The maximum absolute atomic E-state index is 12.8. The molecule has 0 saturated heterocycles. The average Bonchev–Trinajstić information content (AvgIpc) is 2.89. The van der Waals surface area contributed by atoms with Gasteiger partial charge in [0.15, 0.2) is 5.82 Å². The first-order valence-electron chi connectivity index (χ1n) is 5.98. The van der Waals surface area contributed by atoms with Crippen LogP contribution in [0.1, 0.15) is 32.5 Å². The lowest BCUT2D eigenvalue weighted by molar-refractivity contribution is 0.350. The Bertz CT molecular complexity index is 517. The van der Waals surface area contributed by atoms with Crippen LogP contribution >= 0.6 is 0 Å². The molecule has 0 spiro atoms. The number of benzene rings is 1. The van der Waals surface area contributed by atoms with Crippen molar-refractivity contribution in [2.45, 2.75) is 32.2 Å². The zero-order valence-corrected chi connectivity index (χ0v) is 10.5. The predicted octanol–water partition coefficient (Wildman–Crippen LogP) is 2.85. The van der Waals surface area contributed by atoms with Gasteiger partial charge in [-0.3, -0.25) is 0 Å². The fourth-order valence-corrected chi connectivity index (χ4v) is 1.70. The van der Waals surface area contributed by atoms with E-state index < -0.39 is 5.54 Å². The largest absolute Gasteiger partial charge is 0.334 e. The average molecular weight is 249 g/mol. The van der Waals surface area contributed by atoms with E-state index in [-0.39, 0.29) is 5.82 Å². The van der Waals surface area contributed by atoms with Gasteiger partial charge >= 0.3 is 0 Å². The van der Waals surface area contributed by atoms with E-state index in [0.717, 1.165) is 12.8 Å². The molecule has 0 fully saturated rings. The van der Waals surface area contributed by atoms with Crippen molar-refractivity contribution in [2.75, 3.05) is 0 Å². The number of rotatable bonds is 4. The Kier molecular flexibility index (Phi) is 3.43. The van der Waals surface area contributed by atoms with Gasteiger partial charge in [-0.15, -0.1) is 0 Å². The summed E-state index contributed by atoms with van der Waals surface area (Å²) < 4.78 is 18.0. The quantitative estimate of drug-likeness (QED) is 0.904. The van der Waals surface area contributed by atoms with Crippen LogP contribution in [0.4, 0.5) is 4.39 Å². The summed E-state index contributed by atoms with van der Waals surface area (Å²) in [4.78, 5) is 4.30. The fraction of sp³-hybridized carbons (Fsp3) is 0.385. The van der Waals surface area contributed by atoms with E-state index in [1.54, 1.807) is 12.1 Å². The molecule has 0 bridgehead atoms. The lowest BCUT2D eigenvalue weighted by atomic mass is 9.93. The summed E-state index contributed by atoms with van der Waals surface area (Å²) in [5.41, 5.74) is 6.31. The van der Waals surface area contributed by atoms with E-state index in [2.05, 4.69) is 10.1 Å². The number of nitrogens with two attached hydrogens (primary N) is 1. The van der Waals surface area contributed by atoms with Crippen LogP contribution in [0.25, 0.3) is 11.5 Å². The second kappa shape index (κ2) is 4.86. The van der Waals surface area contributed by atoms with E-state index >= 15 is 0 Å². The molecule has 0 atom stereocenters. The minimum absolute atomic E-state index is 0.297. The van der Waals surface area contributed by atoms with Crippen LogP contribution in [0.15, 0.2) is 28.8 Å². The molecule has 1 aromatic carbocycles. The zero-order chi connectivity index (χ0) is 13.2. The Morgan fingerprint density at radius 1 is 1.22 bits per heavy atom. The van der Waals surface area contributed by atoms with Gasteiger partial charge in [0.1, 0.15) is 5.82 Å². The molecule has 2 aromatic rings. The Morgan fingerprint density at radius 3 is 2.39 bits per heavy atom. The predicted molar refractivity (Wildman–Crippen MR) is 66.1 cm³/mol. The minimum Gasteiger partial charge on any atom is -0.334 e. The molecular weight excluding hydrogens is 233 g/mol. The molecular formula is C13H16FN3O. The van der Waals surface area contributed by atoms with Crippen LogP contribution in [0.5, 0.6) is 0 Å². The van der Waals surface area contributed by atoms with E-state index in [9.17, 15) is 4.39 Å². The van der Waals surface area contributed by atoms with Gasteiger partial charge in [-0.1, -0.05) is 19.0 Å². The highest BCUT2D eigenvalue weighted by Crippen LogP contribution is 2.25. The fourth-order valence-electron chi connectivity index (χ4n) is 1.70. The molecule has 18 heavy (non-hydrogen) atoms. The topological polar surface area (TPSA) is 64.9 Å². The summed E-state index contributed by atoms with van der Waals surface area (Å²) in [5, 5.41) is 3.92. The third-order valence-corrected chi connectivity index (χ3v) is 3.22. The maximum Gasteiger partial charge on any atom is 0.257 e. The number of halogens is 1. The van der Waals surface area contributed by atoms with Gasteiger partial charge in [-0.05, 0) is 37.1 Å². The van der Waals surface area contributed by atoms with Crippen LogP contribution < -0.4 is 5.73 Å². The van der Waals surface area contributed by atoms with Crippen molar-refractivity contribution in [1.29, 1.82) is 0 Å². The smallest absolute Gasteiger partial charge is 0.257 e. The Labute approximate surface area is 105 Å². The molecule has 2 N–H and O–H groups in total. The van der Waals surface area contributed by atoms with E-state index in [4.69, 9.17) is 10.3 Å². The van der Waals surface area contributed by atoms with Crippen molar-refractivity contribution in [3.63, 3.8) is 0 Å². The molecule has 0 unspecified atom stereocenters. The first-order chi connectivity index (χ1) is 8.59. The Morgan fingerprint density at radius 2 is 1.83 bits per heavy atom. The molecule has 2 rings (SSSR count). The summed E-state index contributed by atoms with van der Waals surface area (Å²) in [6, 6.07) is 5.91. The highest BCUT2D eigenvalue weighted by atomic mass is 19.1. The van der Waals surface area contributed by atoms with Gasteiger partial charge in [0.2, 0.25) is 0 Å². The molecule has 0 aliphatic heterocycles. The molecule has 4 nitrogen and oxygen atoms in total. The number of aromatic nitrogens is 2. The molecule has 0 aliphatic rings. The molecule has 1 heterocycles. The SMILES string of the molecule is CCC(N)(CC)c1noc(-c2ccc(F)cc2)n1. The summed E-state index contributed by atoms with van der Waals surface area (Å²) in [6.45, 7) is 3.97. The van der Waals surface area contributed by atoms with Gasteiger partial charge < -0.3 is 10.3 Å². The molecule has 0 saturated carbocycles. The summed E-state index contributed by atoms with van der Waals surface area (Å²) >= 11 is 0. The second-order valence-electron chi connectivity index (χ2n) is 4.29. The van der Waals surface area contributed by atoms with Crippen LogP contribution in [0, 0.1) is 5.82 Å². The summed E-state index contributed by atoms with van der Waals surface area (Å²) in [6.07, 6.45) is 1.46. The highest BCUT2D eigenvalue weighted by molar-refractivity contribution is 5.52. The van der Waals surface area contributed by atoms with Crippen molar-refractivity contribution >= 4 is 0 Å². The second-order valence-corrected chi connectivity index (χ2v) is 4.29. The Hall–Kier alpha value is -1.75. The normalized spacial score (nSPS) is 11.8. The van der Waals surface area contributed by atoms with Crippen LogP contribution in [0.2, 0.25) is 0 Å². The standard InChI is InChI=1S/C13H16FN3O/c1-3-13(15,4-2)12-16-11(18-17-12)9-5-7-10(14)8-6-9/h5-8H,3-4,15H2,1-2H3. The zero-order valence-electron chi connectivity index (χ0n) is 10.5. The third-order valence-electron chi connectivity index (χ3n) is 3.22. The molecule has 1 aromatic heterocycles. The van der Waals surface area contributed by atoms with Gasteiger partial charge in [0.05, 0.1) is 5.54 Å². The van der Waals surface area contributed by atoms with E-state index in [1.165, 1.54) is 12.1 Å². The number of nitrogens with zero attached hydrogens (tertiary/aromatic N) is 2. The van der Waals surface area contributed by atoms with Crippen LogP contribution in [-0.2, 0) is 5.54 Å². The van der Waals surface area contributed by atoms with Gasteiger partial charge in [0.25, 0.3) is 5.89 Å². The van der Waals surface area contributed by atoms with Crippen LogP contribution in [0.3, 0.4) is 0 Å². The first-order valence-corrected chi connectivity index (χ1v) is 5.98. The van der Waals surface area contributed by atoms with Crippen molar-refractivity contribution in [3.8, 4) is 11.5 Å². The van der Waals surface area contributed by atoms with Crippen molar-refractivity contribution in [1.82, 2.24) is 10.1 Å². The van der Waals surface area contributed by atoms with E-state index in [1.807, 2.05) is 13.8 Å². The molecule has 0 radical (unpaired) electrons. The lowest BCUT2D eigenvalue weighted by Crippen LogP contribution is -2.36. The number of hydrogen-bond acceptors (Lipinski definition) is 4. The van der Waals surface area contributed by atoms with Crippen molar-refractivity contribution in [2.24, 2.45) is 5.73 Å². The monoisotopic (exact) mass is 249 g/mol. The summed E-state index contributed by atoms with van der Waals surface area (Å²) in [5.74, 6) is 0.558. The van der Waals surface area contributed by atoms with Crippen molar-refractivity contribution in [3.05, 3.63) is 35.9 Å². The van der Waals surface area contributed by atoms with Crippen molar-refractivity contribution < 1.29 is 8.91 Å². The summed E-state index contributed by atoms with van der Waals surface area (Å²) in [7, 11) is 0. The molecule has 5 heteroatoms. The molecule has 0 amide bonds. The molecule has 0 aliphatic carbocycles. The Balaban J connectivity index is 2.33. The van der Waals surface area contributed by atoms with Gasteiger partial charge in [0, 0.05) is 5.56 Å². The van der Waals surface area contributed by atoms with Gasteiger partial charge in [-0.25, -0.2) is 4.39 Å². The number of hydrogen-bond donors (Lipinski definition) is 1. The lowest BCUT2D eigenvalue weighted by Gasteiger charge is -2.21. The third kappa shape index (κ3) is 2.26. The van der Waals surface area contributed by atoms with E-state index in [0.29, 0.717) is 17.3 Å². The minimum atomic E-state index is -0.568. The maximum atomic E-state index is 12.8.